The molecule has 24 heavy (non-hydrogen) atoms. The number of likely N-dealkylation sites (N-methyl/N-ethyl adjacent to an activating group) is 1. The summed E-state index contributed by atoms with van der Waals surface area (Å²) < 4.78 is 0. The smallest absolute Gasteiger partial charge is 0.243 e. The number of unbranched alkanes of at least 4 members (excludes halogenated alkanes) is 1. The lowest BCUT2D eigenvalue weighted by Crippen LogP contribution is -2.44. The molecule has 0 unspecified atom stereocenters. The Morgan fingerprint density at radius 2 is 1.71 bits per heavy atom. The van der Waals surface area contributed by atoms with E-state index in [4.69, 9.17) is 0 Å². The summed E-state index contributed by atoms with van der Waals surface area (Å²) in [6.07, 6.45) is 2.30. The van der Waals surface area contributed by atoms with Gasteiger partial charge >= 0.3 is 0 Å². The number of carbonyl (C=O) groups excluding carboxylic acids is 2. The van der Waals surface area contributed by atoms with Crippen molar-refractivity contribution in [2.24, 2.45) is 0 Å². The first kappa shape index (κ1) is 18.3. The van der Waals surface area contributed by atoms with Crippen molar-refractivity contribution in [3.05, 3.63) is 24.3 Å². The molecule has 0 aliphatic carbocycles. The number of hydrogen-bond donors (Lipinski definition) is 2. The molecule has 0 aromatic heterocycles. The minimum absolute atomic E-state index is 0.0166. The van der Waals surface area contributed by atoms with E-state index in [1.165, 1.54) is 5.69 Å². The lowest BCUT2D eigenvalue weighted by molar-refractivity contribution is -0.124. The van der Waals surface area contributed by atoms with Crippen LogP contribution >= 0.6 is 0 Å². The van der Waals surface area contributed by atoms with E-state index in [9.17, 15) is 9.59 Å². The molecule has 1 aromatic rings. The number of benzene rings is 1. The standard InChI is InChI=1S/C18H28N4O2/c1-3-4-5-17(23)19-14-18(24)20-15-6-8-16(9-7-15)22-12-10-21(2)11-13-22/h6-9H,3-5,10-14H2,1-2H3,(H,19,23)(H,20,24). The van der Waals surface area contributed by atoms with Crippen LogP contribution in [-0.4, -0.2) is 56.5 Å². The topological polar surface area (TPSA) is 64.7 Å². The Bertz CT molecular complexity index is 536. The van der Waals surface area contributed by atoms with E-state index in [0.717, 1.165) is 44.7 Å². The second-order valence-electron chi connectivity index (χ2n) is 6.27. The summed E-state index contributed by atoms with van der Waals surface area (Å²) in [4.78, 5) is 28.0. The Kier molecular flexibility index (Phi) is 7.06. The van der Waals surface area contributed by atoms with E-state index in [2.05, 4.69) is 27.5 Å². The zero-order valence-corrected chi connectivity index (χ0v) is 14.7. The van der Waals surface area contributed by atoms with Crippen molar-refractivity contribution in [1.82, 2.24) is 10.2 Å². The van der Waals surface area contributed by atoms with Gasteiger partial charge in [0.1, 0.15) is 0 Å². The van der Waals surface area contributed by atoms with Crippen LogP contribution in [0.25, 0.3) is 0 Å². The minimum atomic E-state index is -0.202. The van der Waals surface area contributed by atoms with E-state index >= 15 is 0 Å². The van der Waals surface area contributed by atoms with Crippen molar-refractivity contribution >= 4 is 23.2 Å². The third-order valence-corrected chi connectivity index (χ3v) is 4.22. The first-order valence-corrected chi connectivity index (χ1v) is 8.68. The van der Waals surface area contributed by atoms with Crippen LogP contribution in [0.1, 0.15) is 26.2 Å². The predicted molar refractivity (Wildman–Crippen MR) is 97.3 cm³/mol. The number of carbonyl (C=O) groups is 2. The third-order valence-electron chi connectivity index (χ3n) is 4.22. The van der Waals surface area contributed by atoms with E-state index in [1.54, 1.807) is 0 Å². The van der Waals surface area contributed by atoms with Gasteiger partial charge < -0.3 is 20.4 Å². The van der Waals surface area contributed by atoms with Crippen LogP contribution in [0.4, 0.5) is 11.4 Å². The molecule has 0 atom stereocenters. The Morgan fingerprint density at radius 3 is 2.33 bits per heavy atom. The fourth-order valence-corrected chi connectivity index (χ4v) is 2.63. The van der Waals surface area contributed by atoms with Crippen LogP contribution in [0.5, 0.6) is 0 Å². The highest BCUT2D eigenvalue weighted by atomic mass is 16.2. The molecular formula is C18H28N4O2. The van der Waals surface area contributed by atoms with Crippen molar-refractivity contribution in [3.8, 4) is 0 Å². The van der Waals surface area contributed by atoms with Gasteiger partial charge in [0.05, 0.1) is 6.54 Å². The maximum atomic E-state index is 11.9. The van der Waals surface area contributed by atoms with Crippen LogP contribution in [0.2, 0.25) is 0 Å². The molecule has 2 N–H and O–H groups in total. The number of rotatable bonds is 7. The highest BCUT2D eigenvalue weighted by Gasteiger charge is 2.14. The Balaban J connectivity index is 1.76. The van der Waals surface area contributed by atoms with Gasteiger partial charge in [0.25, 0.3) is 0 Å². The van der Waals surface area contributed by atoms with Gasteiger partial charge in [0.2, 0.25) is 11.8 Å². The summed E-state index contributed by atoms with van der Waals surface area (Å²) in [5, 5.41) is 5.45. The fraction of sp³-hybridized carbons (Fsp3) is 0.556. The Morgan fingerprint density at radius 1 is 1.04 bits per heavy atom. The highest BCUT2D eigenvalue weighted by Crippen LogP contribution is 2.19. The second kappa shape index (κ2) is 9.27. The summed E-state index contributed by atoms with van der Waals surface area (Å²) >= 11 is 0. The first-order chi connectivity index (χ1) is 11.6. The number of anilines is 2. The average molecular weight is 332 g/mol. The molecule has 132 valence electrons. The van der Waals surface area contributed by atoms with E-state index in [-0.39, 0.29) is 18.4 Å². The minimum Gasteiger partial charge on any atom is -0.369 e. The van der Waals surface area contributed by atoms with Crippen LogP contribution in [0.3, 0.4) is 0 Å². The number of nitrogens with one attached hydrogen (secondary N) is 2. The number of hydrogen-bond acceptors (Lipinski definition) is 4. The highest BCUT2D eigenvalue weighted by molar-refractivity contribution is 5.94. The molecule has 2 rings (SSSR count). The molecule has 1 saturated heterocycles. The van der Waals surface area contributed by atoms with Gasteiger partial charge in [-0.25, -0.2) is 0 Å². The molecule has 0 saturated carbocycles. The van der Waals surface area contributed by atoms with Gasteiger partial charge in [0, 0.05) is 44.0 Å². The maximum absolute atomic E-state index is 11.9. The van der Waals surface area contributed by atoms with Crippen LogP contribution in [-0.2, 0) is 9.59 Å². The third kappa shape index (κ3) is 5.85. The Hall–Kier alpha value is -2.08. The molecule has 6 heteroatoms. The molecule has 2 amide bonds. The normalized spacial score (nSPS) is 15.2. The largest absolute Gasteiger partial charge is 0.369 e. The van der Waals surface area contributed by atoms with Gasteiger partial charge in [-0.1, -0.05) is 13.3 Å². The van der Waals surface area contributed by atoms with Crippen molar-refractivity contribution in [2.75, 3.05) is 50.0 Å². The van der Waals surface area contributed by atoms with Crippen LogP contribution in [0, 0.1) is 0 Å². The second-order valence-corrected chi connectivity index (χ2v) is 6.27. The lowest BCUT2D eigenvalue weighted by Gasteiger charge is -2.34. The van der Waals surface area contributed by atoms with Crippen molar-refractivity contribution < 1.29 is 9.59 Å². The lowest BCUT2D eigenvalue weighted by atomic mass is 10.2. The summed E-state index contributed by atoms with van der Waals surface area (Å²) in [6.45, 7) is 6.22. The van der Waals surface area contributed by atoms with Crippen molar-refractivity contribution in [2.45, 2.75) is 26.2 Å². The van der Waals surface area contributed by atoms with Gasteiger partial charge in [-0.15, -0.1) is 0 Å². The molecule has 0 radical (unpaired) electrons. The molecule has 1 aliphatic rings. The zero-order valence-electron chi connectivity index (χ0n) is 14.7. The van der Waals surface area contributed by atoms with Gasteiger partial charge in [-0.2, -0.15) is 0 Å². The Labute approximate surface area is 144 Å². The van der Waals surface area contributed by atoms with Gasteiger partial charge in [-0.3, -0.25) is 9.59 Å². The van der Waals surface area contributed by atoms with Crippen molar-refractivity contribution in [3.63, 3.8) is 0 Å². The molecule has 1 aromatic carbocycles. The zero-order chi connectivity index (χ0) is 17.4. The molecule has 6 nitrogen and oxygen atoms in total. The van der Waals surface area contributed by atoms with E-state index in [1.807, 2.05) is 31.2 Å². The number of amides is 2. The number of piperazine rings is 1. The molecule has 1 aliphatic heterocycles. The quantitative estimate of drug-likeness (QED) is 0.797. The molecule has 0 spiro atoms. The average Bonchev–Trinajstić information content (AvgIpc) is 2.59. The first-order valence-electron chi connectivity index (χ1n) is 8.68. The van der Waals surface area contributed by atoms with Gasteiger partial charge in [-0.05, 0) is 37.7 Å². The molecule has 0 bridgehead atoms. The van der Waals surface area contributed by atoms with Crippen molar-refractivity contribution in [1.29, 1.82) is 0 Å². The fourth-order valence-electron chi connectivity index (χ4n) is 2.63. The summed E-state index contributed by atoms with van der Waals surface area (Å²) in [6, 6.07) is 7.87. The summed E-state index contributed by atoms with van der Waals surface area (Å²) in [5.74, 6) is -0.274. The monoisotopic (exact) mass is 332 g/mol. The molecule has 1 fully saturated rings. The summed E-state index contributed by atoms with van der Waals surface area (Å²) in [7, 11) is 2.14. The van der Waals surface area contributed by atoms with Gasteiger partial charge in [0.15, 0.2) is 0 Å². The molecule has 1 heterocycles. The SMILES string of the molecule is CCCCC(=O)NCC(=O)Nc1ccc(N2CCN(C)CC2)cc1. The summed E-state index contributed by atoms with van der Waals surface area (Å²) in [5.41, 5.74) is 1.93. The molecular weight excluding hydrogens is 304 g/mol. The maximum Gasteiger partial charge on any atom is 0.243 e. The predicted octanol–water partition coefficient (Wildman–Crippen LogP) is 1.68. The van der Waals surface area contributed by atoms with Crippen LogP contribution < -0.4 is 15.5 Å². The van der Waals surface area contributed by atoms with E-state index < -0.39 is 0 Å². The van der Waals surface area contributed by atoms with E-state index in [0.29, 0.717) is 6.42 Å². The van der Waals surface area contributed by atoms with Crippen LogP contribution in [0.15, 0.2) is 24.3 Å². The number of nitrogens with zero attached hydrogens (tertiary/aromatic N) is 2.